The summed E-state index contributed by atoms with van der Waals surface area (Å²) in [7, 11) is 1.60. The van der Waals surface area contributed by atoms with E-state index in [1.165, 1.54) is 29.4 Å². The zero-order valence-corrected chi connectivity index (χ0v) is 17.4. The zero-order chi connectivity index (χ0) is 22.5. The Labute approximate surface area is 176 Å². The topological polar surface area (TPSA) is 129 Å². The third kappa shape index (κ3) is 3.79. The van der Waals surface area contributed by atoms with Crippen LogP contribution in [0, 0.1) is 5.82 Å². The van der Waals surface area contributed by atoms with Gasteiger partial charge in [-0.25, -0.2) is 14.2 Å². The summed E-state index contributed by atoms with van der Waals surface area (Å²) in [6.07, 6.45) is 1.50. The molecule has 1 aromatic carbocycles. The van der Waals surface area contributed by atoms with Crippen LogP contribution in [0.4, 0.5) is 4.39 Å². The van der Waals surface area contributed by atoms with Crippen LogP contribution in [0.2, 0.25) is 0 Å². The Morgan fingerprint density at radius 2 is 2.10 bits per heavy atom. The number of benzene rings is 1. The van der Waals surface area contributed by atoms with E-state index in [2.05, 4.69) is 15.1 Å². The fourth-order valence-corrected chi connectivity index (χ4v) is 3.23. The molecular weight excluding hydrogens is 407 g/mol. The van der Waals surface area contributed by atoms with E-state index in [4.69, 9.17) is 15.0 Å². The summed E-state index contributed by atoms with van der Waals surface area (Å²) in [5.74, 6) is -1.55. The van der Waals surface area contributed by atoms with Crippen LogP contribution in [0.1, 0.15) is 48.8 Å². The predicted molar refractivity (Wildman–Crippen MR) is 105 cm³/mol. The van der Waals surface area contributed by atoms with Gasteiger partial charge in [0.1, 0.15) is 23.4 Å². The molecule has 31 heavy (non-hydrogen) atoms. The molecule has 10 nitrogen and oxygen atoms in total. The highest BCUT2D eigenvalue weighted by Gasteiger charge is 2.31. The Morgan fingerprint density at radius 1 is 1.35 bits per heavy atom. The fraction of sp³-hybridized carbons (Fsp3) is 0.350. The summed E-state index contributed by atoms with van der Waals surface area (Å²) in [4.78, 5) is 34.9. The number of nitrogens with zero attached hydrogens (tertiary/aromatic N) is 5. The second-order valence-electron chi connectivity index (χ2n) is 8.20. The molecule has 3 heterocycles. The number of esters is 1. The third-order valence-electron chi connectivity index (χ3n) is 4.63. The van der Waals surface area contributed by atoms with Crippen LogP contribution in [-0.4, -0.2) is 49.1 Å². The maximum atomic E-state index is 13.7. The molecule has 4 rings (SSSR count). The van der Waals surface area contributed by atoms with E-state index in [0.717, 1.165) is 0 Å². The molecule has 0 aliphatic carbocycles. The Bertz CT molecular complexity index is 1180. The van der Waals surface area contributed by atoms with E-state index >= 15 is 0 Å². The number of nitrogens with two attached hydrogens (primary N) is 1. The average Bonchev–Trinajstić information content (AvgIpc) is 3.30. The first kappa shape index (κ1) is 20.7. The lowest BCUT2D eigenvalue weighted by Crippen LogP contribution is -2.31. The van der Waals surface area contributed by atoms with E-state index in [1.807, 2.05) is 0 Å². The molecule has 1 amide bonds. The maximum absolute atomic E-state index is 13.7. The predicted octanol–water partition coefficient (Wildman–Crippen LogP) is 1.99. The van der Waals surface area contributed by atoms with Crippen molar-refractivity contribution in [3.05, 3.63) is 47.5 Å². The SMILES string of the molecule is CN1Cc2c(-c3noc(C(N)C(=O)OC(C)(C)C)n3)ncn2-c2ccc(F)cc2C1=O. The summed E-state index contributed by atoms with van der Waals surface area (Å²) in [5.41, 5.74) is 6.83. The van der Waals surface area contributed by atoms with Crippen LogP contribution < -0.4 is 5.73 Å². The molecule has 2 aromatic heterocycles. The molecule has 0 bridgehead atoms. The Hall–Kier alpha value is -3.60. The molecule has 2 N–H and O–H groups in total. The minimum atomic E-state index is -1.25. The van der Waals surface area contributed by atoms with Gasteiger partial charge in [0.2, 0.25) is 5.82 Å². The maximum Gasteiger partial charge on any atom is 0.333 e. The van der Waals surface area contributed by atoms with Crippen molar-refractivity contribution in [3.8, 4) is 17.2 Å². The Balaban J connectivity index is 1.71. The highest BCUT2D eigenvalue weighted by atomic mass is 19.1. The van der Waals surface area contributed by atoms with Gasteiger partial charge in [0.05, 0.1) is 23.5 Å². The van der Waals surface area contributed by atoms with Gasteiger partial charge in [0.25, 0.3) is 11.8 Å². The van der Waals surface area contributed by atoms with Gasteiger partial charge < -0.3 is 19.9 Å². The lowest BCUT2D eigenvalue weighted by atomic mass is 10.1. The van der Waals surface area contributed by atoms with Gasteiger partial charge >= 0.3 is 5.97 Å². The van der Waals surface area contributed by atoms with Crippen LogP contribution in [0.15, 0.2) is 29.0 Å². The van der Waals surface area contributed by atoms with Crippen molar-refractivity contribution in [3.63, 3.8) is 0 Å². The van der Waals surface area contributed by atoms with E-state index in [9.17, 15) is 14.0 Å². The van der Waals surface area contributed by atoms with Gasteiger partial charge in [-0.1, -0.05) is 5.16 Å². The van der Waals surface area contributed by atoms with E-state index in [1.54, 1.807) is 32.4 Å². The molecule has 1 aliphatic rings. The molecule has 0 saturated heterocycles. The number of hydrogen-bond donors (Lipinski definition) is 1. The van der Waals surface area contributed by atoms with Crippen LogP contribution in [0.3, 0.4) is 0 Å². The number of ether oxygens (including phenoxy) is 1. The average molecular weight is 428 g/mol. The van der Waals surface area contributed by atoms with Gasteiger partial charge in [-0.2, -0.15) is 4.98 Å². The van der Waals surface area contributed by atoms with E-state index < -0.39 is 23.4 Å². The number of amides is 1. The van der Waals surface area contributed by atoms with Crippen molar-refractivity contribution in [2.24, 2.45) is 5.73 Å². The molecule has 0 fully saturated rings. The van der Waals surface area contributed by atoms with Crippen molar-refractivity contribution in [2.75, 3.05) is 7.05 Å². The molecule has 162 valence electrons. The summed E-state index contributed by atoms with van der Waals surface area (Å²) < 4.78 is 25.8. The molecule has 1 atom stereocenters. The molecule has 11 heteroatoms. The Morgan fingerprint density at radius 3 is 2.81 bits per heavy atom. The Kier molecular flexibility index (Phi) is 4.85. The number of imidazole rings is 1. The summed E-state index contributed by atoms with van der Waals surface area (Å²) in [5, 5.41) is 3.90. The minimum Gasteiger partial charge on any atom is -0.458 e. The second kappa shape index (κ2) is 7.27. The number of carbonyl (C=O) groups is 2. The van der Waals surface area contributed by atoms with Crippen molar-refractivity contribution in [1.29, 1.82) is 0 Å². The molecular formula is C20H21FN6O4. The first-order valence-corrected chi connectivity index (χ1v) is 9.49. The van der Waals surface area contributed by atoms with Gasteiger partial charge in [0.15, 0.2) is 6.04 Å². The first-order valence-electron chi connectivity index (χ1n) is 9.49. The van der Waals surface area contributed by atoms with Crippen molar-refractivity contribution in [1.82, 2.24) is 24.6 Å². The number of rotatable bonds is 3. The third-order valence-corrected chi connectivity index (χ3v) is 4.63. The highest BCUT2D eigenvalue weighted by Crippen LogP contribution is 2.30. The van der Waals surface area contributed by atoms with Crippen LogP contribution >= 0.6 is 0 Å². The van der Waals surface area contributed by atoms with Crippen LogP contribution in [-0.2, 0) is 16.1 Å². The monoisotopic (exact) mass is 428 g/mol. The number of fused-ring (bicyclic) bond motifs is 3. The summed E-state index contributed by atoms with van der Waals surface area (Å²) >= 11 is 0. The van der Waals surface area contributed by atoms with Gasteiger partial charge in [0, 0.05) is 7.05 Å². The van der Waals surface area contributed by atoms with Gasteiger partial charge in [-0.3, -0.25) is 9.36 Å². The lowest BCUT2D eigenvalue weighted by molar-refractivity contribution is -0.157. The van der Waals surface area contributed by atoms with E-state index in [0.29, 0.717) is 17.1 Å². The number of hydrogen-bond acceptors (Lipinski definition) is 8. The number of halogens is 1. The normalized spacial score (nSPS) is 14.6. The highest BCUT2D eigenvalue weighted by molar-refractivity contribution is 5.98. The molecule has 0 radical (unpaired) electrons. The van der Waals surface area contributed by atoms with Crippen molar-refractivity contribution in [2.45, 2.75) is 39.0 Å². The molecule has 3 aromatic rings. The van der Waals surface area contributed by atoms with Gasteiger partial charge in [-0.05, 0) is 39.0 Å². The standard InChI is InChI=1S/C20H21FN6O4/c1-20(2,3)30-19(29)14(22)17-24-16(25-31-17)15-13-8-26(4)18(28)11-7-10(21)5-6-12(11)27(13)9-23-15/h5-7,9,14H,8,22H2,1-4H3. The van der Waals surface area contributed by atoms with Crippen LogP contribution in [0.5, 0.6) is 0 Å². The molecule has 0 spiro atoms. The quantitative estimate of drug-likeness (QED) is 0.627. The van der Waals surface area contributed by atoms with Crippen LogP contribution in [0.25, 0.3) is 17.2 Å². The largest absolute Gasteiger partial charge is 0.458 e. The first-order chi connectivity index (χ1) is 14.5. The number of carbonyl (C=O) groups excluding carboxylic acids is 2. The van der Waals surface area contributed by atoms with Gasteiger partial charge in [-0.15, -0.1) is 0 Å². The summed E-state index contributed by atoms with van der Waals surface area (Å²) in [6, 6.07) is 2.72. The van der Waals surface area contributed by atoms with Crippen molar-refractivity contribution < 1.29 is 23.2 Å². The zero-order valence-electron chi connectivity index (χ0n) is 17.4. The molecule has 1 aliphatic heterocycles. The van der Waals surface area contributed by atoms with E-state index in [-0.39, 0.29) is 29.7 Å². The second-order valence-corrected chi connectivity index (χ2v) is 8.20. The van der Waals surface area contributed by atoms with Crippen molar-refractivity contribution >= 4 is 11.9 Å². The number of aromatic nitrogens is 4. The molecule has 0 saturated carbocycles. The lowest BCUT2D eigenvalue weighted by Gasteiger charge is -2.20. The molecule has 1 unspecified atom stereocenters. The summed E-state index contributed by atoms with van der Waals surface area (Å²) in [6.45, 7) is 5.34. The smallest absolute Gasteiger partial charge is 0.333 e. The fourth-order valence-electron chi connectivity index (χ4n) is 3.23. The minimum absolute atomic E-state index is 0.106.